The Morgan fingerprint density at radius 2 is 2.25 bits per heavy atom. The minimum Gasteiger partial charge on any atom is -0.495 e. The Morgan fingerprint density at radius 1 is 1.40 bits per heavy atom. The van der Waals surface area contributed by atoms with E-state index in [0.29, 0.717) is 29.8 Å². The zero-order chi connectivity index (χ0) is 14.4. The van der Waals surface area contributed by atoms with Crippen LogP contribution in [0.5, 0.6) is 5.75 Å². The van der Waals surface area contributed by atoms with Gasteiger partial charge in [-0.3, -0.25) is 0 Å². The molecule has 0 aliphatic heterocycles. The summed E-state index contributed by atoms with van der Waals surface area (Å²) in [7, 11) is 1.54. The number of hydrogen-bond acceptors (Lipinski definition) is 6. The summed E-state index contributed by atoms with van der Waals surface area (Å²) in [5.41, 5.74) is 1.45. The van der Waals surface area contributed by atoms with Gasteiger partial charge in [0.05, 0.1) is 12.7 Å². The van der Waals surface area contributed by atoms with E-state index in [1.54, 1.807) is 19.2 Å². The fourth-order valence-corrected chi connectivity index (χ4v) is 1.77. The van der Waals surface area contributed by atoms with E-state index in [-0.39, 0.29) is 0 Å². The molecule has 0 bridgehead atoms. The van der Waals surface area contributed by atoms with Crippen molar-refractivity contribution in [2.45, 2.75) is 26.3 Å². The van der Waals surface area contributed by atoms with Crippen LogP contribution in [0.2, 0.25) is 0 Å². The molecule has 104 valence electrons. The van der Waals surface area contributed by atoms with E-state index < -0.39 is 0 Å². The van der Waals surface area contributed by atoms with E-state index in [9.17, 15) is 0 Å². The average molecular weight is 272 g/mol. The summed E-state index contributed by atoms with van der Waals surface area (Å²) < 4.78 is 10.5. The molecular weight excluding hydrogens is 256 g/mol. The molecule has 0 saturated heterocycles. The summed E-state index contributed by atoms with van der Waals surface area (Å²) in [5.74, 6) is 1.20. The predicted molar refractivity (Wildman–Crippen MR) is 73.3 cm³/mol. The van der Waals surface area contributed by atoms with E-state index in [4.69, 9.17) is 14.4 Å². The first-order valence-corrected chi connectivity index (χ1v) is 6.40. The molecule has 6 heteroatoms. The number of anilines is 1. The first kappa shape index (κ1) is 13.9. The van der Waals surface area contributed by atoms with Crippen LogP contribution in [0.3, 0.4) is 0 Å². The van der Waals surface area contributed by atoms with Crippen molar-refractivity contribution in [3.63, 3.8) is 0 Å². The van der Waals surface area contributed by atoms with E-state index >= 15 is 0 Å². The molecular formula is C14H16N4O2. The molecule has 0 amide bonds. The van der Waals surface area contributed by atoms with Crippen LogP contribution >= 0.6 is 0 Å². The van der Waals surface area contributed by atoms with Crippen LogP contribution < -0.4 is 10.1 Å². The van der Waals surface area contributed by atoms with Gasteiger partial charge in [0.25, 0.3) is 0 Å². The van der Waals surface area contributed by atoms with Crippen molar-refractivity contribution in [1.29, 1.82) is 5.26 Å². The van der Waals surface area contributed by atoms with Crippen molar-refractivity contribution in [2.24, 2.45) is 0 Å². The highest BCUT2D eigenvalue weighted by atomic mass is 16.5. The quantitative estimate of drug-likeness (QED) is 0.869. The zero-order valence-corrected chi connectivity index (χ0v) is 11.5. The smallest absolute Gasteiger partial charge is 0.315 e. The van der Waals surface area contributed by atoms with Gasteiger partial charge in [-0.2, -0.15) is 5.26 Å². The second-order valence-electron chi connectivity index (χ2n) is 4.25. The van der Waals surface area contributed by atoms with Gasteiger partial charge in [-0.15, -0.1) is 5.10 Å². The lowest BCUT2D eigenvalue weighted by molar-refractivity contribution is 0.413. The number of benzene rings is 1. The van der Waals surface area contributed by atoms with Crippen molar-refractivity contribution in [2.75, 3.05) is 12.4 Å². The first-order valence-electron chi connectivity index (χ1n) is 6.40. The topological polar surface area (TPSA) is 84.0 Å². The van der Waals surface area contributed by atoms with Gasteiger partial charge in [-0.1, -0.05) is 18.1 Å². The summed E-state index contributed by atoms with van der Waals surface area (Å²) in [6, 6.07) is 7.92. The second-order valence-corrected chi connectivity index (χ2v) is 4.25. The van der Waals surface area contributed by atoms with Crippen LogP contribution in [-0.2, 0) is 13.0 Å². The number of nitriles is 1. The number of methoxy groups -OCH3 is 1. The van der Waals surface area contributed by atoms with Crippen LogP contribution in [-0.4, -0.2) is 17.3 Å². The molecule has 1 N–H and O–H groups in total. The maximum atomic E-state index is 9.03. The van der Waals surface area contributed by atoms with Gasteiger partial charge >= 0.3 is 6.01 Å². The number of nitrogens with zero attached hydrogens (tertiary/aromatic N) is 3. The highest BCUT2D eigenvalue weighted by Gasteiger charge is 2.06. The van der Waals surface area contributed by atoms with Gasteiger partial charge in [0.15, 0.2) is 0 Å². The van der Waals surface area contributed by atoms with Gasteiger partial charge in [0.1, 0.15) is 11.8 Å². The largest absolute Gasteiger partial charge is 0.495 e. The third-order valence-corrected chi connectivity index (χ3v) is 2.76. The highest BCUT2D eigenvalue weighted by Crippen LogP contribution is 2.19. The minimum atomic E-state index is 0.391. The molecule has 1 heterocycles. The molecule has 0 aliphatic carbocycles. The number of aromatic nitrogens is 2. The van der Waals surface area contributed by atoms with Crippen molar-refractivity contribution in [3.8, 4) is 11.8 Å². The molecule has 0 atom stereocenters. The zero-order valence-electron chi connectivity index (χ0n) is 11.5. The monoisotopic (exact) mass is 272 g/mol. The Labute approximate surface area is 117 Å². The molecule has 0 fully saturated rings. The summed E-state index contributed by atoms with van der Waals surface area (Å²) >= 11 is 0. The van der Waals surface area contributed by atoms with Crippen LogP contribution in [0.4, 0.5) is 6.01 Å². The maximum absolute atomic E-state index is 9.03. The maximum Gasteiger partial charge on any atom is 0.315 e. The van der Waals surface area contributed by atoms with Crippen LogP contribution in [0.1, 0.15) is 30.4 Å². The molecule has 1 aromatic carbocycles. The van der Waals surface area contributed by atoms with Gasteiger partial charge < -0.3 is 14.5 Å². The average Bonchev–Trinajstić information content (AvgIpc) is 2.93. The number of hydrogen-bond donors (Lipinski definition) is 1. The van der Waals surface area contributed by atoms with Crippen molar-refractivity contribution in [1.82, 2.24) is 10.2 Å². The number of ether oxygens (including phenoxy) is 1. The molecule has 20 heavy (non-hydrogen) atoms. The normalized spacial score (nSPS) is 10.1. The molecule has 0 aliphatic rings. The molecule has 6 nitrogen and oxygen atoms in total. The third-order valence-electron chi connectivity index (χ3n) is 2.76. The number of nitrogens with one attached hydrogen (secondary N) is 1. The molecule has 0 saturated carbocycles. The van der Waals surface area contributed by atoms with Crippen LogP contribution in [0.15, 0.2) is 22.6 Å². The van der Waals surface area contributed by atoms with Gasteiger partial charge in [0, 0.05) is 13.0 Å². The lowest BCUT2D eigenvalue weighted by Gasteiger charge is -2.06. The summed E-state index contributed by atoms with van der Waals surface area (Å²) in [4.78, 5) is 0. The second kappa shape index (κ2) is 6.57. The lowest BCUT2D eigenvalue weighted by atomic mass is 10.1. The fourth-order valence-electron chi connectivity index (χ4n) is 1.77. The first-order chi connectivity index (χ1) is 9.76. The molecule has 2 rings (SSSR count). The molecule has 0 spiro atoms. The molecule has 1 aromatic heterocycles. The van der Waals surface area contributed by atoms with Gasteiger partial charge in [-0.25, -0.2) is 0 Å². The molecule has 2 aromatic rings. The fraction of sp³-hybridized carbons (Fsp3) is 0.357. The number of rotatable bonds is 6. The minimum absolute atomic E-state index is 0.391. The highest BCUT2D eigenvalue weighted by molar-refractivity contribution is 5.45. The Morgan fingerprint density at radius 3 is 2.95 bits per heavy atom. The third kappa shape index (κ3) is 3.26. The van der Waals surface area contributed by atoms with Gasteiger partial charge in [0.2, 0.25) is 5.89 Å². The van der Waals surface area contributed by atoms with Crippen molar-refractivity contribution in [3.05, 3.63) is 35.2 Å². The SMILES string of the molecule is CCCc1nnc(NCc2ccc(OC)c(C#N)c2)o1. The Balaban J connectivity index is 2.01. The van der Waals surface area contributed by atoms with Crippen molar-refractivity contribution >= 4 is 6.01 Å². The predicted octanol–water partition coefficient (Wildman–Crippen LogP) is 2.51. The Kier molecular flexibility index (Phi) is 4.56. The summed E-state index contributed by atoms with van der Waals surface area (Å²) in [5, 5.41) is 19.9. The number of aryl methyl sites for hydroxylation is 1. The van der Waals surface area contributed by atoms with Crippen LogP contribution in [0, 0.1) is 11.3 Å². The standard InChI is InChI=1S/C14H16N4O2/c1-3-4-13-17-18-14(20-13)16-9-10-5-6-12(19-2)11(7-10)8-15/h5-7H,3-4,9H2,1-2H3,(H,16,18). The Hall–Kier alpha value is -2.55. The van der Waals surface area contributed by atoms with E-state index in [2.05, 4.69) is 28.5 Å². The lowest BCUT2D eigenvalue weighted by Crippen LogP contribution is -2.00. The van der Waals surface area contributed by atoms with Gasteiger partial charge in [-0.05, 0) is 24.1 Å². The van der Waals surface area contributed by atoms with E-state index in [1.165, 1.54) is 0 Å². The molecule has 0 radical (unpaired) electrons. The summed E-state index contributed by atoms with van der Waals surface area (Å²) in [6.07, 6.45) is 1.74. The van der Waals surface area contributed by atoms with Crippen LogP contribution in [0.25, 0.3) is 0 Å². The van der Waals surface area contributed by atoms with Crippen molar-refractivity contribution < 1.29 is 9.15 Å². The summed E-state index contributed by atoms with van der Waals surface area (Å²) in [6.45, 7) is 2.56. The van der Waals surface area contributed by atoms with E-state index in [1.807, 2.05) is 6.07 Å². The molecule has 0 unspecified atom stereocenters. The Bertz CT molecular complexity index is 616. The van der Waals surface area contributed by atoms with E-state index in [0.717, 1.165) is 18.4 Å².